The topological polar surface area (TPSA) is 43.4 Å². The summed E-state index contributed by atoms with van der Waals surface area (Å²) in [5.41, 5.74) is 5.88. The Labute approximate surface area is 109 Å². The third-order valence-electron chi connectivity index (χ3n) is 3.57. The first-order chi connectivity index (χ1) is 9.33. The highest BCUT2D eigenvalue weighted by Gasteiger charge is 2.22. The average Bonchev–Trinajstić information content (AvgIpc) is 3.02. The largest absolute Gasteiger partial charge is 0.519 e. The Bertz CT molecular complexity index is 824. The molecule has 2 aromatic carbocycles. The Morgan fingerprint density at radius 1 is 0.895 bits per heavy atom. The second-order valence-corrected chi connectivity index (χ2v) is 4.62. The van der Waals surface area contributed by atoms with E-state index in [1.165, 1.54) is 28.5 Å². The molecule has 3 nitrogen and oxygen atoms in total. The monoisotopic (exact) mass is 250 g/mol. The van der Waals surface area contributed by atoms with Crippen LogP contribution in [0.25, 0.3) is 22.5 Å². The van der Waals surface area contributed by atoms with Crippen molar-refractivity contribution in [2.45, 2.75) is 6.42 Å². The van der Waals surface area contributed by atoms with Crippen molar-refractivity contribution in [3.05, 3.63) is 70.5 Å². The molecule has 1 aliphatic rings. The number of benzene rings is 2. The molecule has 0 unspecified atom stereocenters. The Hall–Kier alpha value is -2.55. The van der Waals surface area contributed by atoms with Crippen LogP contribution in [0.4, 0.5) is 0 Å². The second-order valence-electron chi connectivity index (χ2n) is 4.62. The van der Waals surface area contributed by atoms with E-state index in [0.29, 0.717) is 5.76 Å². The van der Waals surface area contributed by atoms with Crippen LogP contribution < -0.4 is 5.82 Å². The molecule has 19 heavy (non-hydrogen) atoms. The first kappa shape index (κ1) is 10.4. The van der Waals surface area contributed by atoms with Gasteiger partial charge in [-0.25, -0.2) is 4.79 Å². The highest BCUT2D eigenvalue weighted by Crippen LogP contribution is 2.41. The van der Waals surface area contributed by atoms with E-state index < -0.39 is 5.82 Å². The van der Waals surface area contributed by atoms with Gasteiger partial charge in [-0.05, 0) is 28.7 Å². The molecule has 92 valence electrons. The lowest BCUT2D eigenvalue weighted by atomic mass is 10.0. The fourth-order valence-electron chi connectivity index (χ4n) is 2.75. The second kappa shape index (κ2) is 3.72. The predicted octanol–water partition coefficient (Wildman–Crippen LogP) is 3.47. The lowest BCUT2D eigenvalue weighted by Gasteiger charge is -2.04. The van der Waals surface area contributed by atoms with E-state index in [1.54, 1.807) is 0 Å². The van der Waals surface area contributed by atoms with Crippen molar-refractivity contribution in [3.8, 4) is 22.5 Å². The maximum Gasteiger partial charge on any atom is 0.519 e. The molecule has 1 aromatic heterocycles. The van der Waals surface area contributed by atoms with Gasteiger partial charge in [0.05, 0.1) is 0 Å². The van der Waals surface area contributed by atoms with Gasteiger partial charge in [0, 0.05) is 5.56 Å². The van der Waals surface area contributed by atoms with E-state index in [1.807, 2.05) is 24.3 Å². The lowest BCUT2D eigenvalue weighted by Crippen LogP contribution is -1.88. The average molecular weight is 250 g/mol. The molecule has 1 aliphatic carbocycles. The van der Waals surface area contributed by atoms with Crippen molar-refractivity contribution in [2.75, 3.05) is 0 Å². The maximum absolute atomic E-state index is 11.0. The summed E-state index contributed by atoms with van der Waals surface area (Å²) in [5.74, 6) is -0.169. The maximum atomic E-state index is 11.0. The van der Waals surface area contributed by atoms with Crippen LogP contribution in [0.3, 0.4) is 0 Å². The van der Waals surface area contributed by atoms with Crippen molar-refractivity contribution in [1.29, 1.82) is 0 Å². The van der Waals surface area contributed by atoms with Crippen LogP contribution in [0, 0.1) is 0 Å². The van der Waals surface area contributed by atoms with Gasteiger partial charge in [0.25, 0.3) is 0 Å². The van der Waals surface area contributed by atoms with E-state index in [2.05, 4.69) is 18.2 Å². The molecule has 0 N–H and O–H groups in total. The summed E-state index contributed by atoms with van der Waals surface area (Å²) in [5, 5.41) is 0. The number of hydrogen-bond donors (Lipinski definition) is 0. The van der Waals surface area contributed by atoms with Gasteiger partial charge in [0.1, 0.15) is 6.26 Å². The summed E-state index contributed by atoms with van der Waals surface area (Å²) in [6, 6.07) is 14.4. The fourth-order valence-corrected chi connectivity index (χ4v) is 2.75. The molecule has 0 spiro atoms. The Kier molecular flexibility index (Phi) is 2.03. The van der Waals surface area contributed by atoms with Crippen LogP contribution in [0.2, 0.25) is 0 Å². The quantitative estimate of drug-likeness (QED) is 0.519. The molecule has 4 rings (SSSR count). The van der Waals surface area contributed by atoms with E-state index >= 15 is 0 Å². The molecule has 3 heteroatoms. The molecule has 0 saturated carbocycles. The normalized spacial score (nSPS) is 12.2. The Morgan fingerprint density at radius 2 is 1.68 bits per heavy atom. The number of fused-ring (bicyclic) bond motifs is 3. The molecule has 1 heterocycles. The van der Waals surface area contributed by atoms with Crippen molar-refractivity contribution in [3.63, 3.8) is 0 Å². The van der Waals surface area contributed by atoms with Crippen LogP contribution >= 0.6 is 0 Å². The van der Waals surface area contributed by atoms with Crippen LogP contribution in [0.5, 0.6) is 0 Å². The summed E-state index contributed by atoms with van der Waals surface area (Å²) < 4.78 is 9.80. The van der Waals surface area contributed by atoms with Gasteiger partial charge >= 0.3 is 5.82 Å². The van der Waals surface area contributed by atoms with Crippen molar-refractivity contribution < 1.29 is 8.83 Å². The standard InChI is InChI=1S/C16H10O3/c17-16-18-9-15(19-16)13-7-3-6-12-11-5-2-1-4-10(11)8-14(12)13/h1-7,9H,8H2. The summed E-state index contributed by atoms with van der Waals surface area (Å²) in [6.45, 7) is 0. The van der Waals surface area contributed by atoms with Gasteiger partial charge in [-0.15, -0.1) is 0 Å². The minimum absolute atomic E-state index is 0.495. The molecule has 0 bridgehead atoms. The van der Waals surface area contributed by atoms with Crippen LogP contribution in [-0.2, 0) is 6.42 Å². The molecule has 0 fully saturated rings. The van der Waals surface area contributed by atoms with Gasteiger partial charge in [-0.2, -0.15) is 0 Å². The Morgan fingerprint density at radius 3 is 2.53 bits per heavy atom. The van der Waals surface area contributed by atoms with E-state index in [0.717, 1.165) is 12.0 Å². The zero-order chi connectivity index (χ0) is 12.8. The highest BCUT2D eigenvalue weighted by molar-refractivity contribution is 5.83. The van der Waals surface area contributed by atoms with Crippen molar-refractivity contribution in [2.24, 2.45) is 0 Å². The third-order valence-corrected chi connectivity index (χ3v) is 3.57. The first-order valence-corrected chi connectivity index (χ1v) is 6.12. The Balaban J connectivity index is 1.97. The molecule has 0 saturated heterocycles. The van der Waals surface area contributed by atoms with Crippen LogP contribution in [0.1, 0.15) is 11.1 Å². The lowest BCUT2D eigenvalue weighted by molar-refractivity contribution is 0.389. The zero-order valence-electron chi connectivity index (χ0n) is 10.1. The van der Waals surface area contributed by atoms with E-state index in [9.17, 15) is 4.79 Å². The zero-order valence-corrected chi connectivity index (χ0v) is 10.1. The summed E-state index contributed by atoms with van der Waals surface area (Å²) >= 11 is 0. The van der Waals surface area contributed by atoms with Gasteiger partial charge < -0.3 is 8.83 Å². The molecule has 0 radical (unpaired) electrons. The van der Waals surface area contributed by atoms with Crippen molar-refractivity contribution >= 4 is 0 Å². The van der Waals surface area contributed by atoms with Crippen LogP contribution in [-0.4, -0.2) is 0 Å². The van der Waals surface area contributed by atoms with E-state index in [-0.39, 0.29) is 0 Å². The van der Waals surface area contributed by atoms with Gasteiger partial charge in [-0.1, -0.05) is 42.5 Å². The molecular weight excluding hydrogens is 240 g/mol. The molecule has 0 atom stereocenters. The minimum Gasteiger partial charge on any atom is -0.399 e. The fraction of sp³-hybridized carbons (Fsp3) is 0.0625. The summed E-state index contributed by atoms with van der Waals surface area (Å²) in [7, 11) is 0. The summed E-state index contributed by atoms with van der Waals surface area (Å²) in [6.07, 6.45) is 2.23. The minimum atomic E-state index is -0.664. The first-order valence-electron chi connectivity index (χ1n) is 6.12. The number of hydrogen-bond acceptors (Lipinski definition) is 3. The smallest absolute Gasteiger partial charge is 0.399 e. The highest BCUT2D eigenvalue weighted by atomic mass is 16.6. The van der Waals surface area contributed by atoms with Gasteiger partial charge in [0.15, 0.2) is 5.76 Å². The van der Waals surface area contributed by atoms with Gasteiger partial charge in [-0.3, -0.25) is 0 Å². The summed E-state index contributed by atoms with van der Waals surface area (Å²) in [4.78, 5) is 11.0. The molecule has 3 aromatic rings. The SMILES string of the molecule is O=c1occ(-c2cccc3c2Cc2ccccc2-3)o1. The van der Waals surface area contributed by atoms with Gasteiger partial charge in [0.2, 0.25) is 0 Å². The van der Waals surface area contributed by atoms with Crippen molar-refractivity contribution in [1.82, 2.24) is 0 Å². The molecule has 0 aliphatic heterocycles. The number of rotatable bonds is 1. The molecular formula is C16H10O3. The van der Waals surface area contributed by atoms with E-state index in [4.69, 9.17) is 8.83 Å². The third kappa shape index (κ3) is 1.48. The predicted molar refractivity (Wildman–Crippen MR) is 70.9 cm³/mol. The molecule has 0 amide bonds. The van der Waals surface area contributed by atoms with Crippen LogP contribution in [0.15, 0.2) is 62.4 Å².